The highest BCUT2D eigenvalue weighted by Crippen LogP contribution is 2.03. The van der Waals surface area contributed by atoms with Crippen LogP contribution in [0.2, 0.25) is 0 Å². The van der Waals surface area contributed by atoms with Gasteiger partial charge < -0.3 is 10.4 Å². The average Bonchev–Trinajstić information content (AvgIpc) is 2.38. The zero-order valence-corrected chi connectivity index (χ0v) is 10.7. The third-order valence-electron chi connectivity index (χ3n) is 2.92. The second kappa shape index (κ2) is 10.3. The highest BCUT2D eigenvalue weighted by atomic mass is 16.2. The monoisotopic (exact) mass is 235 g/mol. The Bertz CT molecular complexity index is 261. The van der Waals surface area contributed by atoms with Gasteiger partial charge in [0.05, 0.1) is 0 Å². The molecule has 1 rings (SSSR count). The first-order chi connectivity index (χ1) is 8.43. The molecule has 1 aromatic carbocycles. The van der Waals surface area contributed by atoms with E-state index in [1.807, 2.05) is 0 Å². The number of benzene rings is 1. The van der Waals surface area contributed by atoms with Crippen molar-refractivity contribution in [2.45, 2.75) is 38.5 Å². The zero-order chi connectivity index (χ0) is 12.2. The minimum atomic E-state index is 0.330. The third-order valence-corrected chi connectivity index (χ3v) is 2.92. The first-order valence-corrected chi connectivity index (χ1v) is 6.79. The van der Waals surface area contributed by atoms with E-state index in [-0.39, 0.29) is 0 Å². The summed E-state index contributed by atoms with van der Waals surface area (Å²) in [6.07, 6.45) is 6.94. The Morgan fingerprint density at radius 1 is 0.824 bits per heavy atom. The van der Waals surface area contributed by atoms with Crippen LogP contribution in [0.1, 0.15) is 37.7 Å². The van der Waals surface area contributed by atoms with E-state index in [0.717, 1.165) is 25.9 Å². The number of aliphatic hydroxyl groups is 1. The summed E-state index contributed by atoms with van der Waals surface area (Å²) in [7, 11) is 0. The van der Waals surface area contributed by atoms with Crippen molar-refractivity contribution in [2.24, 2.45) is 0 Å². The molecule has 2 nitrogen and oxygen atoms in total. The van der Waals surface area contributed by atoms with Gasteiger partial charge in [-0.2, -0.15) is 0 Å². The van der Waals surface area contributed by atoms with Crippen LogP contribution in [-0.4, -0.2) is 24.8 Å². The van der Waals surface area contributed by atoms with Gasteiger partial charge in [0.15, 0.2) is 0 Å². The lowest BCUT2D eigenvalue weighted by molar-refractivity contribution is 0.283. The van der Waals surface area contributed by atoms with Crippen LogP contribution in [0.3, 0.4) is 0 Å². The summed E-state index contributed by atoms with van der Waals surface area (Å²) in [5.41, 5.74) is 1.44. The van der Waals surface area contributed by atoms with E-state index < -0.39 is 0 Å². The Morgan fingerprint density at radius 3 is 2.24 bits per heavy atom. The van der Waals surface area contributed by atoms with E-state index in [0.29, 0.717) is 6.61 Å². The molecule has 0 unspecified atom stereocenters. The smallest absolute Gasteiger partial charge is 0.0431 e. The summed E-state index contributed by atoms with van der Waals surface area (Å²) in [6.45, 7) is 2.54. The average molecular weight is 235 g/mol. The molecule has 96 valence electrons. The summed E-state index contributed by atoms with van der Waals surface area (Å²) in [6, 6.07) is 10.7. The molecular weight excluding hydrogens is 210 g/mol. The second-order valence-electron chi connectivity index (χ2n) is 4.48. The van der Waals surface area contributed by atoms with Gasteiger partial charge in [-0.1, -0.05) is 30.3 Å². The first kappa shape index (κ1) is 14.2. The Balaban J connectivity index is 1.85. The minimum Gasteiger partial charge on any atom is -0.396 e. The van der Waals surface area contributed by atoms with E-state index in [1.165, 1.54) is 31.2 Å². The van der Waals surface area contributed by atoms with Crippen molar-refractivity contribution in [3.8, 4) is 0 Å². The van der Waals surface area contributed by atoms with Gasteiger partial charge in [-0.05, 0) is 57.2 Å². The van der Waals surface area contributed by atoms with E-state index in [1.54, 1.807) is 0 Å². The standard InChI is InChI=1S/C15H25NO/c17-14-8-2-6-12-16-13-7-5-11-15-9-3-1-4-10-15/h1,3-4,9-10,16-17H,2,5-8,11-14H2. The molecule has 1 aromatic rings. The van der Waals surface area contributed by atoms with Crippen molar-refractivity contribution >= 4 is 0 Å². The summed E-state index contributed by atoms with van der Waals surface area (Å²) in [5.74, 6) is 0. The van der Waals surface area contributed by atoms with Crippen LogP contribution in [0.5, 0.6) is 0 Å². The molecule has 0 saturated heterocycles. The predicted octanol–water partition coefficient (Wildman–Crippen LogP) is 2.76. The maximum absolute atomic E-state index is 8.63. The predicted molar refractivity (Wildman–Crippen MR) is 73.2 cm³/mol. The minimum absolute atomic E-state index is 0.330. The molecule has 0 heterocycles. The molecule has 0 fully saturated rings. The summed E-state index contributed by atoms with van der Waals surface area (Å²) >= 11 is 0. The van der Waals surface area contributed by atoms with E-state index in [2.05, 4.69) is 35.6 Å². The molecule has 0 amide bonds. The lowest BCUT2D eigenvalue weighted by atomic mass is 10.1. The molecule has 0 aromatic heterocycles. The van der Waals surface area contributed by atoms with Crippen molar-refractivity contribution in [1.29, 1.82) is 0 Å². The van der Waals surface area contributed by atoms with Crippen LogP contribution in [0, 0.1) is 0 Å². The topological polar surface area (TPSA) is 32.3 Å². The van der Waals surface area contributed by atoms with Crippen LogP contribution in [0.25, 0.3) is 0 Å². The molecule has 17 heavy (non-hydrogen) atoms. The van der Waals surface area contributed by atoms with Crippen molar-refractivity contribution in [1.82, 2.24) is 5.32 Å². The Kier molecular flexibility index (Phi) is 8.61. The normalized spacial score (nSPS) is 10.6. The summed E-state index contributed by atoms with van der Waals surface area (Å²) < 4.78 is 0. The fourth-order valence-electron chi connectivity index (χ4n) is 1.89. The fraction of sp³-hybridized carbons (Fsp3) is 0.600. The molecule has 0 aliphatic carbocycles. The largest absolute Gasteiger partial charge is 0.396 e. The van der Waals surface area contributed by atoms with Crippen molar-refractivity contribution in [2.75, 3.05) is 19.7 Å². The molecular formula is C15H25NO. The molecule has 2 heteroatoms. The fourth-order valence-corrected chi connectivity index (χ4v) is 1.89. The van der Waals surface area contributed by atoms with Crippen LogP contribution >= 0.6 is 0 Å². The van der Waals surface area contributed by atoms with Gasteiger partial charge in [-0.25, -0.2) is 0 Å². The van der Waals surface area contributed by atoms with Gasteiger partial charge in [-0.15, -0.1) is 0 Å². The number of rotatable bonds is 10. The Hall–Kier alpha value is -0.860. The number of unbranched alkanes of at least 4 members (excludes halogenated alkanes) is 3. The maximum Gasteiger partial charge on any atom is 0.0431 e. The number of aliphatic hydroxyl groups excluding tert-OH is 1. The van der Waals surface area contributed by atoms with Gasteiger partial charge in [0.25, 0.3) is 0 Å². The van der Waals surface area contributed by atoms with Crippen LogP contribution in [0.15, 0.2) is 30.3 Å². The van der Waals surface area contributed by atoms with Gasteiger partial charge >= 0.3 is 0 Å². The lowest BCUT2D eigenvalue weighted by Gasteiger charge is -2.04. The molecule has 0 spiro atoms. The van der Waals surface area contributed by atoms with Gasteiger partial charge in [0.2, 0.25) is 0 Å². The number of hydrogen-bond donors (Lipinski definition) is 2. The van der Waals surface area contributed by atoms with E-state index in [9.17, 15) is 0 Å². The Labute approximate surface area is 105 Å². The van der Waals surface area contributed by atoms with Crippen molar-refractivity contribution in [3.05, 3.63) is 35.9 Å². The van der Waals surface area contributed by atoms with E-state index >= 15 is 0 Å². The quantitative estimate of drug-likeness (QED) is 0.611. The first-order valence-electron chi connectivity index (χ1n) is 6.79. The molecule has 2 N–H and O–H groups in total. The summed E-state index contributed by atoms with van der Waals surface area (Å²) in [4.78, 5) is 0. The number of aryl methyl sites for hydroxylation is 1. The Morgan fingerprint density at radius 2 is 1.53 bits per heavy atom. The SMILES string of the molecule is OCCCCCNCCCCc1ccccc1. The molecule has 0 aliphatic rings. The zero-order valence-electron chi connectivity index (χ0n) is 10.7. The molecule has 0 radical (unpaired) electrons. The van der Waals surface area contributed by atoms with Crippen LogP contribution in [-0.2, 0) is 6.42 Å². The maximum atomic E-state index is 8.63. The summed E-state index contributed by atoms with van der Waals surface area (Å²) in [5, 5.41) is 12.1. The number of nitrogens with one attached hydrogen (secondary N) is 1. The van der Waals surface area contributed by atoms with Gasteiger partial charge in [0.1, 0.15) is 0 Å². The molecule has 0 atom stereocenters. The van der Waals surface area contributed by atoms with Crippen molar-refractivity contribution in [3.63, 3.8) is 0 Å². The highest BCUT2D eigenvalue weighted by molar-refractivity contribution is 5.14. The second-order valence-corrected chi connectivity index (χ2v) is 4.48. The molecule has 0 saturated carbocycles. The van der Waals surface area contributed by atoms with E-state index in [4.69, 9.17) is 5.11 Å². The van der Waals surface area contributed by atoms with Crippen LogP contribution in [0.4, 0.5) is 0 Å². The highest BCUT2D eigenvalue weighted by Gasteiger charge is 1.93. The van der Waals surface area contributed by atoms with Gasteiger partial charge in [-0.3, -0.25) is 0 Å². The molecule has 0 aliphatic heterocycles. The lowest BCUT2D eigenvalue weighted by Crippen LogP contribution is -2.16. The molecule has 0 bridgehead atoms. The third kappa shape index (κ3) is 7.94. The van der Waals surface area contributed by atoms with Crippen molar-refractivity contribution < 1.29 is 5.11 Å². The number of hydrogen-bond acceptors (Lipinski definition) is 2. The van der Waals surface area contributed by atoms with Gasteiger partial charge in [0, 0.05) is 6.61 Å². The van der Waals surface area contributed by atoms with Crippen LogP contribution < -0.4 is 5.32 Å².